The van der Waals surface area contributed by atoms with E-state index < -0.39 is 0 Å². The van der Waals surface area contributed by atoms with Crippen LogP contribution >= 0.6 is 0 Å². The molecule has 1 N–H and O–H groups in total. The van der Waals surface area contributed by atoms with Crippen molar-refractivity contribution < 1.29 is 0 Å². The van der Waals surface area contributed by atoms with E-state index in [4.69, 9.17) is 0 Å². The molecule has 104 valence electrons. The van der Waals surface area contributed by atoms with Gasteiger partial charge in [0.25, 0.3) is 0 Å². The molecule has 0 amide bonds. The summed E-state index contributed by atoms with van der Waals surface area (Å²) in [4.78, 5) is 6.96. The van der Waals surface area contributed by atoms with Crippen molar-refractivity contribution in [3.05, 3.63) is 36.5 Å². The summed E-state index contributed by atoms with van der Waals surface area (Å²) in [5.74, 6) is 0. The Balaban J connectivity index is 1.64. The molecule has 0 unspecified atom stereocenters. The van der Waals surface area contributed by atoms with Gasteiger partial charge < -0.3 is 10.2 Å². The summed E-state index contributed by atoms with van der Waals surface area (Å²) in [5, 5.41) is 5.02. The number of fused-ring (bicyclic) bond motifs is 1. The lowest BCUT2D eigenvalue weighted by atomic mass is 9.94. The zero-order chi connectivity index (χ0) is 13.4. The van der Waals surface area contributed by atoms with Gasteiger partial charge in [0.2, 0.25) is 0 Å². The third-order valence-corrected chi connectivity index (χ3v) is 4.89. The second-order valence-electron chi connectivity index (χ2n) is 6.22. The molecule has 1 aliphatic heterocycles. The summed E-state index contributed by atoms with van der Waals surface area (Å²) >= 11 is 0. The number of nitrogens with one attached hydrogen (secondary N) is 1. The number of hydrogen-bond acceptors (Lipinski definition) is 3. The smallest absolute Gasteiger partial charge is 0.0703 e. The Hall–Kier alpha value is -1.61. The van der Waals surface area contributed by atoms with Gasteiger partial charge in [0.15, 0.2) is 0 Å². The number of hydrogen-bond donors (Lipinski definition) is 1. The van der Waals surface area contributed by atoms with Crippen LogP contribution in [0, 0.1) is 0 Å². The van der Waals surface area contributed by atoms with Gasteiger partial charge >= 0.3 is 0 Å². The van der Waals surface area contributed by atoms with E-state index in [1.165, 1.54) is 36.8 Å². The molecule has 20 heavy (non-hydrogen) atoms. The third-order valence-electron chi connectivity index (χ3n) is 4.89. The maximum atomic E-state index is 4.41. The van der Waals surface area contributed by atoms with Crippen LogP contribution in [0.1, 0.15) is 25.7 Å². The minimum Gasteiger partial charge on any atom is -0.368 e. The van der Waals surface area contributed by atoms with E-state index in [2.05, 4.69) is 39.5 Å². The van der Waals surface area contributed by atoms with E-state index in [-0.39, 0.29) is 0 Å². The van der Waals surface area contributed by atoms with E-state index in [1.807, 2.05) is 12.3 Å². The molecule has 4 rings (SSSR count). The zero-order valence-electron chi connectivity index (χ0n) is 11.8. The van der Waals surface area contributed by atoms with Crippen molar-refractivity contribution in [3.63, 3.8) is 0 Å². The van der Waals surface area contributed by atoms with E-state index in [0.717, 1.165) is 25.2 Å². The van der Waals surface area contributed by atoms with Crippen molar-refractivity contribution in [2.24, 2.45) is 0 Å². The fourth-order valence-electron chi connectivity index (χ4n) is 3.82. The number of anilines is 1. The minimum atomic E-state index is 0.377. The van der Waals surface area contributed by atoms with E-state index in [9.17, 15) is 0 Å². The summed E-state index contributed by atoms with van der Waals surface area (Å²) in [6.45, 7) is 3.36. The second kappa shape index (κ2) is 4.74. The Bertz CT molecular complexity index is 616. The molecule has 3 nitrogen and oxygen atoms in total. The normalized spacial score (nSPS) is 21.7. The predicted octanol–water partition coefficient (Wildman–Crippen LogP) is 2.96. The van der Waals surface area contributed by atoms with Crippen LogP contribution < -0.4 is 10.2 Å². The number of nitrogens with zero attached hydrogens (tertiary/aromatic N) is 2. The molecular formula is C17H21N3. The van der Waals surface area contributed by atoms with Gasteiger partial charge in [-0.15, -0.1) is 0 Å². The molecule has 1 aliphatic carbocycles. The maximum absolute atomic E-state index is 4.41. The first-order chi connectivity index (χ1) is 9.85. The number of aromatic nitrogens is 1. The molecular weight excluding hydrogens is 246 g/mol. The average molecular weight is 267 g/mol. The predicted molar refractivity (Wildman–Crippen MR) is 83.2 cm³/mol. The van der Waals surface area contributed by atoms with Crippen molar-refractivity contribution in [1.29, 1.82) is 0 Å². The van der Waals surface area contributed by atoms with Gasteiger partial charge in [0, 0.05) is 42.4 Å². The molecule has 1 spiro atoms. The van der Waals surface area contributed by atoms with Gasteiger partial charge in [-0.05, 0) is 37.1 Å². The first-order valence-corrected chi connectivity index (χ1v) is 7.70. The van der Waals surface area contributed by atoms with Crippen molar-refractivity contribution in [1.82, 2.24) is 10.3 Å². The molecule has 0 bridgehead atoms. The number of benzene rings is 1. The maximum Gasteiger partial charge on any atom is 0.0703 e. The molecule has 3 heteroatoms. The standard InChI is InChI=1S/C17H21N3/c1-2-8-17(7-1)13-20(11-10-19-17)15-5-6-16-14(12-15)4-3-9-18-16/h3-6,9,12,19H,1-2,7-8,10-11,13H2. The van der Waals surface area contributed by atoms with Crippen LogP contribution in [0.25, 0.3) is 10.9 Å². The summed E-state index contributed by atoms with van der Waals surface area (Å²) in [6.07, 6.45) is 7.28. The number of pyridine rings is 1. The van der Waals surface area contributed by atoms with E-state index in [1.54, 1.807) is 0 Å². The number of rotatable bonds is 1. The Morgan fingerprint density at radius 3 is 2.95 bits per heavy atom. The lowest BCUT2D eigenvalue weighted by Crippen LogP contribution is -2.59. The SMILES string of the molecule is c1cnc2ccc(N3CCNC4(CCCC4)C3)cc2c1. The van der Waals surface area contributed by atoms with Crippen LogP contribution in [0.5, 0.6) is 0 Å². The van der Waals surface area contributed by atoms with Gasteiger partial charge in [-0.1, -0.05) is 18.9 Å². The van der Waals surface area contributed by atoms with Gasteiger partial charge in [-0.25, -0.2) is 0 Å². The first kappa shape index (κ1) is 12.2. The molecule has 1 aromatic carbocycles. The Morgan fingerprint density at radius 2 is 2.05 bits per heavy atom. The molecule has 1 saturated carbocycles. The van der Waals surface area contributed by atoms with E-state index in [0.29, 0.717) is 5.54 Å². The van der Waals surface area contributed by atoms with Crippen LogP contribution in [0.3, 0.4) is 0 Å². The first-order valence-electron chi connectivity index (χ1n) is 7.70. The fraction of sp³-hybridized carbons (Fsp3) is 0.471. The Kier molecular flexibility index (Phi) is 2.88. The van der Waals surface area contributed by atoms with Crippen LogP contribution in [-0.4, -0.2) is 30.2 Å². The van der Waals surface area contributed by atoms with Crippen molar-refractivity contribution in [3.8, 4) is 0 Å². The second-order valence-corrected chi connectivity index (χ2v) is 6.22. The molecule has 2 heterocycles. The highest BCUT2D eigenvalue weighted by Crippen LogP contribution is 2.34. The van der Waals surface area contributed by atoms with Crippen LogP contribution in [0.15, 0.2) is 36.5 Å². The zero-order valence-corrected chi connectivity index (χ0v) is 11.8. The van der Waals surface area contributed by atoms with Gasteiger partial charge in [0.05, 0.1) is 5.52 Å². The van der Waals surface area contributed by atoms with Gasteiger partial charge in [0.1, 0.15) is 0 Å². The summed E-state index contributed by atoms with van der Waals surface area (Å²) in [5.41, 5.74) is 2.81. The highest BCUT2D eigenvalue weighted by atomic mass is 15.2. The van der Waals surface area contributed by atoms with Gasteiger partial charge in [-0.3, -0.25) is 4.98 Å². The van der Waals surface area contributed by atoms with Crippen LogP contribution in [-0.2, 0) is 0 Å². The summed E-state index contributed by atoms with van der Waals surface area (Å²) in [6, 6.07) is 10.8. The van der Waals surface area contributed by atoms with Crippen molar-refractivity contribution >= 4 is 16.6 Å². The van der Waals surface area contributed by atoms with Crippen LogP contribution in [0.2, 0.25) is 0 Å². The third kappa shape index (κ3) is 2.06. The van der Waals surface area contributed by atoms with Gasteiger partial charge in [-0.2, -0.15) is 0 Å². The Morgan fingerprint density at radius 1 is 1.15 bits per heavy atom. The quantitative estimate of drug-likeness (QED) is 0.861. The molecule has 1 aromatic heterocycles. The average Bonchev–Trinajstić information content (AvgIpc) is 2.94. The monoisotopic (exact) mass is 267 g/mol. The Labute approximate surface area is 120 Å². The summed E-state index contributed by atoms with van der Waals surface area (Å²) in [7, 11) is 0. The lowest BCUT2D eigenvalue weighted by Gasteiger charge is -2.42. The molecule has 1 saturated heterocycles. The molecule has 2 fully saturated rings. The highest BCUT2D eigenvalue weighted by molar-refractivity contribution is 5.82. The van der Waals surface area contributed by atoms with Crippen LogP contribution in [0.4, 0.5) is 5.69 Å². The minimum absolute atomic E-state index is 0.377. The summed E-state index contributed by atoms with van der Waals surface area (Å²) < 4.78 is 0. The van der Waals surface area contributed by atoms with Crippen molar-refractivity contribution in [2.75, 3.05) is 24.5 Å². The topological polar surface area (TPSA) is 28.2 Å². The molecule has 2 aliphatic rings. The number of piperazine rings is 1. The largest absolute Gasteiger partial charge is 0.368 e. The van der Waals surface area contributed by atoms with Crippen molar-refractivity contribution in [2.45, 2.75) is 31.2 Å². The highest BCUT2D eigenvalue weighted by Gasteiger charge is 2.37. The molecule has 0 radical (unpaired) electrons. The van der Waals surface area contributed by atoms with E-state index >= 15 is 0 Å². The lowest BCUT2D eigenvalue weighted by molar-refractivity contribution is 0.304. The fourth-order valence-corrected chi connectivity index (χ4v) is 3.82. The molecule has 0 atom stereocenters. The molecule has 2 aromatic rings.